The lowest BCUT2D eigenvalue weighted by molar-refractivity contribution is -0.152. The largest absolute Gasteiger partial charge is 0.466 e. The van der Waals surface area contributed by atoms with Crippen LogP contribution in [0.2, 0.25) is 0 Å². The molecule has 2 aliphatic heterocycles. The SMILES string of the molecule is CCCCCC/C=C\[C@@H]1C[C@]1(CC(=O)[C@@H]1C[C@@H](OC(=O)N2Cc3cccc(F)c3C2)CN1C(=O)CCc1cc(C)cc(F)c1)C(=O)OCC. The van der Waals surface area contributed by atoms with Crippen LogP contribution >= 0.6 is 0 Å². The van der Waals surface area contributed by atoms with Crippen molar-refractivity contribution < 1.29 is 37.4 Å². The molecule has 0 unspecified atom stereocenters. The van der Waals surface area contributed by atoms with Crippen molar-refractivity contribution in [3.8, 4) is 0 Å². The Morgan fingerprint density at radius 2 is 1.86 bits per heavy atom. The van der Waals surface area contributed by atoms with E-state index in [1.807, 2.05) is 12.1 Å². The van der Waals surface area contributed by atoms with Gasteiger partial charge in [0, 0.05) is 31.4 Å². The van der Waals surface area contributed by atoms with E-state index in [1.165, 1.54) is 34.4 Å². The third-order valence-corrected chi connectivity index (χ3v) is 10.0. The number of nitrogens with zero attached hydrogens (tertiary/aromatic N) is 2. The highest BCUT2D eigenvalue weighted by molar-refractivity contribution is 5.95. The quantitative estimate of drug-likeness (QED) is 0.111. The highest BCUT2D eigenvalue weighted by atomic mass is 19.1. The molecule has 1 saturated heterocycles. The lowest BCUT2D eigenvalue weighted by Crippen LogP contribution is -2.42. The second kappa shape index (κ2) is 16.1. The third kappa shape index (κ3) is 8.75. The summed E-state index contributed by atoms with van der Waals surface area (Å²) in [6, 6.07) is 8.44. The molecule has 0 N–H and O–H groups in total. The zero-order chi connectivity index (χ0) is 35.1. The number of likely N-dealkylation sites (tertiary alicyclic amines) is 1. The second-order valence-corrected chi connectivity index (χ2v) is 13.8. The Labute approximate surface area is 287 Å². The molecule has 0 aromatic heterocycles. The first kappa shape index (κ1) is 36.2. The summed E-state index contributed by atoms with van der Waals surface area (Å²) in [6.07, 6.45) is 8.92. The lowest BCUT2D eigenvalue weighted by atomic mass is 9.91. The maximum atomic E-state index is 14.3. The van der Waals surface area contributed by atoms with Gasteiger partial charge in [0.15, 0.2) is 5.78 Å². The second-order valence-electron chi connectivity index (χ2n) is 13.8. The summed E-state index contributed by atoms with van der Waals surface area (Å²) in [5, 5.41) is 0. The maximum absolute atomic E-state index is 14.3. The van der Waals surface area contributed by atoms with Crippen LogP contribution < -0.4 is 0 Å². The highest BCUT2D eigenvalue weighted by Gasteiger charge is 2.61. The number of allylic oxidation sites excluding steroid dienone is 2. The van der Waals surface area contributed by atoms with E-state index < -0.39 is 29.6 Å². The van der Waals surface area contributed by atoms with Gasteiger partial charge in [0.2, 0.25) is 5.91 Å². The van der Waals surface area contributed by atoms with Gasteiger partial charge in [0.1, 0.15) is 17.7 Å². The van der Waals surface area contributed by atoms with Crippen LogP contribution in [0.5, 0.6) is 0 Å². The van der Waals surface area contributed by atoms with E-state index in [0.29, 0.717) is 23.1 Å². The molecule has 2 aromatic carbocycles. The number of ether oxygens (including phenoxy) is 2. The van der Waals surface area contributed by atoms with Gasteiger partial charge in [-0.15, -0.1) is 0 Å². The van der Waals surface area contributed by atoms with Crippen molar-refractivity contribution >= 4 is 23.8 Å². The fourth-order valence-electron chi connectivity index (χ4n) is 7.29. The van der Waals surface area contributed by atoms with Crippen molar-refractivity contribution in [1.29, 1.82) is 0 Å². The molecule has 0 radical (unpaired) electrons. The van der Waals surface area contributed by atoms with E-state index in [9.17, 15) is 28.0 Å². The standard InChI is InChI=1S/C39H48F2N2O6/c1-4-6-7-8-9-10-13-29-21-39(29,37(46)48-5-2)22-35(44)34-20-31(49-38(47)42-23-28-12-11-14-33(41)32(28)25-42)24-43(34)36(45)16-15-27-17-26(3)18-30(40)19-27/h10-14,17-19,29,31,34H,4-9,15-16,20-25H2,1-3H3/b13-10-/t29-,31-,34+,39-/m1/s1. The average Bonchev–Trinajstić information content (AvgIpc) is 3.36. The fraction of sp³-hybridized carbons (Fsp3) is 0.538. The van der Waals surface area contributed by atoms with Crippen LogP contribution in [0.3, 0.4) is 0 Å². The predicted molar refractivity (Wildman–Crippen MR) is 180 cm³/mol. The summed E-state index contributed by atoms with van der Waals surface area (Å²) < 4.78 is 39.6. The number of aryl methyl sites for hydroxylation is 2. The summed E-state index contributed by atoms with van der Waals surface area (Å²) in [6.45, 7) is 6.15. The van der Waals surface area contributed by atoms with Crippen molar-refractivity contribution in [2.45, 2.75) is 110 Å². The summed E-state index contributed by atoms with van der Waals surface area (Å²) >= 11 is 0. The number of hydrogen-bond donors (Lipinski definition) is 0. The normalized spacial score (nSPS) is 22.8. The molecule has 5 rings (SSSR count). The smallest absolute Gasteiger partial charge is 0.410 e. The Kier molecular flexibility index (Phi) is 11.9. The maximum Gasteiger partial charge on any atom is 0.410 e. The molecule has 1 saturated carbocycles. The van der Waals surface area contributed by atoms with Crippen molar-refractivity contribution in [3.63, 3.8) is 0 Å². The minimum Gasteiger partial charge on any atom is -0.466 e. The summed E-state index contributed by atoms with van der Waals surface area (Å²) in [4.78, 5) is 57.1. The molecule has 0 spiro atoms. The van der Waals surface area contributed by atoms with Crippen LogP contribution in [0.25, 0.3) is 0 Å². The van der Waals surface area contributed by atoms with Gasteiger partial charge in [-0.25, -0.2) is 13.6 Å². The van der Waals surface area contributed by atoms with Crippen molar-refractivity contribution in [1.82, 2.24) is 9.80 Å². The number of fused-ring (bicyclic) bond motifs is 1. The lowest BCUT2D eigenvalue weighted by Gasteiger charge is -2.25. The van der Waals surface area contributed by atoms with E-state index in [-0.39, 0.29) is 81.2 Å². The Balaban J connectivity index is 1.29. The van der Waals surface area contributed by atoms with E-state index >= 15 is 0 Å². The van der Waals surface area contributed by atoms with E-state index in [1.54, 1.807) is 26.0 Å². The number of hydrogen-bond acceptors (Lipinski definition) is 6. The molecule has 1 aliphatic carbocycles. The zero-order valence-electron chi connectivity index (χ0n) is 28.9. The molecule has 2 fully saturated rings. The van der Waals surface area contributed by atoms with Gasteiger partial charge >= 0.3 is 12.1 Å². The third-order valence-electron chi connectivity index (χ3n) is 10.0. The number of carbonyl (C=O) groups excluding carboxylic acids is 4. The number of benzene rings is 2. The molecular weight excluding hydrogens is 630 g/mol. The van der Waals surface area contributed by atoms with Crippen LogP contribution in [-0.2, 0) is 43.4 Å². The van der Waals surface area contributed by atoms with Gasteiger partial charge in [-0.2, -0.15) is 0 Å². The number of ketones is 1. The van der Waals surface area contributed by atoms with Gasteiger partial charge in [-0.05, 0) is 80.3 Å². The van der Waals surface area contributed by atoms with Crippen LogP contribution in [0, 0.1) is 29.9 Å². The molecule has 49 heavy (non-hydrogen) atoms. The Bertz CT molecular complexity index is 1560. The van der Waals surface area contributed by atoms with Crippen LogP contribution in [0.15, 0.2) is 48.6 Å². The monoisotopic (exact) mass is 678 g/mol. The molecule has 4 atom stereocenters. The Morgan fingerprint density at radius 3 is 2.59 bits per heavy atom. The fourth-order valence-corrected chi connectivity index (χ4v) is 7.29. The van der Waals surface area contributed by atoms with Crippen molar-refractivity contribution in [3.05, 3.63) is 82.4 Å². The minimum absolute atomic E-state index is 0.00576. The molecule has 10 heteroatoms. The number of unbranched alkanes of at least 4 members (excludes halogenated alkanes) is 4. The molecule has 2 amide bonds. The molecule has 3 aliphatic rings. The first-order valence-electron chi connectivity index (χ1n) is 17.7. The first-order chi connectivity index (χ1) is 23.5. The number of Topliss-reactive ketones (excluding diaryl/α,β-unsaturated/α-hetero) is 1. The molecule has 2 heterocycles. The zero-order valence-corrected chi connectivity index (χ0v) is 28.9. The van der Waals surface area contributed by atoms with E-state index in [4.69, 9.17) is 9.47 Å². The Morgan fingerprint density at radius 1 is 1.04 bits per heavy atom. The predicted octanol–water partition coefficient (Wildman–Crippen LogP) is 7.38. The number of carbonyl (C=O) groups is 4. The number of rotatable bonds is 15. The number of amides is 2. The first-order valence-corrected chi connectivity index (χ1v) is 17.7. The van der Waals surface area contributed by atoms with Gasteiger partial charge in [0.25, 0.3) is 0 Å². The number of halogens is 2. The minimum atomic E-state index is -0.985. The molecular formula is C39H48F2N2O6. The number of esters is 1. The van der Waals surface area contributed by atoms with Crippen molar-refractivity contribution in [2.75, 3.05) is 13.2 Å². The molecule has 0 bridgehead atoms. The molecule has 264 valence electrons. The average molecular weight is 679 g/mol. The van der Waals surface area contributed by atoms with Crippen LogP contribution in [-0.4, -0.2) is 58.9 Å². The molecule has 2 aromatic rings. The van der Waals surface area contributed by atoms with E-state index in [2.05, 4.69) is 13.0 Å². The van der Waals surface area contributed by atoms with E-state index in [0.717, 1.165) is 31.2 Å². The topological polar surface area (TPSA) is 93.2 Å². The van der Waals surface area contributed by atoms with Gasteiger partial charge in [-0.1, -0.05) is 56.5 Å². The summed E-state index contributed by atoms with van der Waals surface area (Å²) in [7, 11) is 0. The van der Waals surface area contributed by atoms with Crippen LogP contribution in [0.4, 0.5) is 13.6 Å². The Hall–Kier alpha value is -4.08. The summed E-state index contributed by atoms with van der Waals surface area (Å²) in [5.74, 6) is -1.91. The van der Waals surface area contributed by atoms with Gasteiger partial charge < -0.3 is 14.4 Å². The highest BCUT2D eigenvalue weighted by Crippen LogP contribution is 2.57. The van der Waals surface area contributed by atoms with Crippen molar-refractivity contribution in [2.24, 2.45) is 11.3 Å². The van der Waals surface area contributed by atoms with Crippen LogP contribution in [0.1, 0.15) is 93.9 Å². The van der Waals surface area contributed by atoms with Gasteiger partial charge in [-0.3, -0.25) is 19.3 Å². The van der Waals surface area contributed by atoms with Gasteiger partial charge in [0.05, 0.1) is 31.2 Å². The molecule has 8 nitrogen and oxygen atoms in total. The summed E-state index contributed by atoms with van der Waals surface area (Å²) in [5.41, 5.74) is 1.58.